The SMILES string of the molecule is Cc1c(C(=O)N[C@H](C)Cn2cccn2)sc2nc(C(F)(F)F)ccc12. The first-order valence-corrected chi connectivity index (χ1v) is 8.33. The van der Waals surface area contributed by atoms with Crippen LogP contribution in [0.3, 0.4) is 0 Å². The summed E-state index contributed by atoms with van der Waals surface area (Å²) in [5, 5.41) is 7.47. The van der Waals surface area contributed by atoms with Crippen molar-refractivity contribution < 1.29 is 18.0 Å². The van der Waals surface area contributed by atoms with Crippen LogP contribution in [-0.4, -0.2) is 26.7 Å². The number of thiophene rings is 1. The second-order valence-electron chi connectivity index (χ2n) is 5.71. The van der Waals surface area contributed by atoms with Crippen molar-refractivity contribution in [3.63, 3.8) is 0 Å². The van der Waals surface area contributed by atoms with Gasteiger partial charge in [0.1, 0.15) is 10.5 Å². The molecule has 0 radical (unpaired) electrons. The molecule has 5 nitrogen and oxygen atoms in total. The highest BCUT2D eigenvalue weighted by Gasteiger charge is 2.33. The molecular formula is C16H15F3N4OS. The molecule has 0 saturated carbocycles. The molecule has 0 aliphatic carbocycles. The summed E-state index contributed by atoms with van der Waals surface area (Å²) in [6, 6.07) is 3.90. The standard InChI is InChI=1S/C16H15F3N4OS/c1-9(8-23-7-3-6-20-23)21-14(24)13-10(2)11-4-5-12(16(17,18)19)22-15(11)25-13/h3-7,9H,8H2,1-2H3,(H,21,24)/t9-/m1/s1. The predicted octanol–water partition coefficient (Wildman–Crippen LogP) is 3.64. The molecule has 0 bridgehead atoms. The van der Waals surface area contributed by atoms with Crippen LogP contribution in [0.15, 0.2) is 30.6 Å². The minimum Gasteiger partial charge on any atom is -0.347 e. The molecule has 3 aromatic heterocycles. The van der Waals surface area contributed by atoms with E-state index < -0.39 is 11.9 Å². The second-order valence-corrected chi connectivity index (χ2v) is 6.70. The van der Waals surface area contributed by atoms with Gasteiger partial charge in [0.05, 0.1) is 11.4 Å². The van der Waals surface area contributed by atoms with Gasteiger partial charge in [0.2, 0.25) is 0 Å². The van der Waals surface area contributed by atoms with Crippen LogP contribution in [0.4, 0.5) is 13.2 Å². The maximum absolute atomic E-state index is 12.8. The number of rotatable bonds is 4. The molecule has 1 amide bonds. The van der Waals surface area contributed by atoms with Crippen LogP contribution < -0.4 is 5.32 Å². The Morgan fingerprint density at radius 3 is 2.80 bits per heavy atom. The monoisotopic (exact) mass is 368 g/mol. The number of carbonyl (C=O) groups excluding carboxylic acids is 1. The Labute approximate surface area is 145 Å². The molecule has 1 atom stereocenters. The average molecular weight is 368 g/mol. The topological polar surface area (TPSA) is 59.8 Å². The number of fused-ring (bicyclic) bond motifs is 1. The molecule has 25 heavy (non-hydrogen) atoms. The van der Waals surface area contributed by atoms with E-state index in [4.69, 9.17) is 0 Å². The summed E-state index contributed by atoms with van der Waals surface area (Å²) in [6.07, 6.45) is -1.07. The third-order valence-corrected chi connectivity index (χ3v) is 4.90. The number of halogens is 3. The highest BCUT2D eigenvalue weighted by molar-refractivity contribution is 7.20. The molecule has 0 aliphatic heterocycles. The van der Waals surface area contributed by atoms with Crippen molar-refractivity contribution in [1.29, 1.82) is 0 Å². The lowest BCUT2D eigenvalue weighted by atomic mass is 10.1. The van der Waals surface area contributed by atoms with Crippen molar-refractivity contribution in [2.75, 3.05) is 0 Å². The highest BCUT2D eigenvalue weighted by Crippen LogP contribution is 2.34. The van der Waals surface area contributed by atoms with Crippen molar-refractivity contribution in [2.45, 2.75) is 32.6 Å². The zero-order valence-electron chi connectivity index (χ0n) is 13.5. The molecule has 0 saturated heterocycles. The van der Waals surface area contributed by atoms with Crippen LogP contribution in [-0.2, 0) is 12.7 Å². The number of nitrogens with zero attached hydrogens (tertiary/aromatic N) is 3. The molecule has 0 unspecified atom stereocenters. The first kappa shape index (κ1) is 17.4. The molecule has 0 fully saturated rings. The lowest BCUT2D eigenvalue weighted by Crippen LogP contribution is -2.35. The van der Waals surface area contributed by atoms with Gasteiger partial charge >= 0.3 is 6.18 Å². The van der Waals surface area contributed by atoms with Crippen molar-refractivity contribution in [1.82, 2.24) is 20.1 Å². The predicted molar refractivity (Wildman–Crippen MR) is 88.5 cm³/mol. The molecular weight excluding hydrogens is 353 g/mol. The smallest absolute Gasteiger partial charge is 0.347 e. The fourth-order valence-corrected chi connectivity index (χ4v) is 3.58. The van der Waals surface area contributed by atoms with E-state index in [2.05, 4.69) is 15.4 Å². The van der Waals surface area contributed by atoms with Gasteiger partial charge in [-0.05, 0) is 37.6 Å². The number of alkyl halides is 3. The lowest BCUT2D eigenvalue weighted by Gasteiger charge is -2.13. The summed E-state index contributed by atoms with van der Waals surface area (Å²) >= 11 is 0.967. The van der Waals surface area contributed by atoms with Crippen LogP contribution in [0.1, 0.15) is 27.9 Å². The summed E-state index contributed by atoms with van der Waals surface area (Å²) in [4.78, 5) is 16.7. The molecule has 0 spiro atoms. The van der Waals surface area contributed by atoms with E-state index in [1.807, 2.05) is 6.92 Å². The maximum Gasteiger partial charge on any atom is 0.433 e. The third-order valence-electron chi connectivity index (χ3n) is 3.70. The molecule has 0 aromatic carbocycles. The number of hydrogen-bond acceptors (Lipinski definition) is 4. The number of aryl methyl sites for hydroxylation is 1. The van der Waals surface area contributed by atoms with Gasteiger partial charge in [0.15, 0.2) is 0 Å². The third kappa shape index (κ3) is 3.65. The van der Waals surface area contributed by atoms with E-state index in [-0.39, 0.29) is 16.8 Å². The first-order chi connectivity index (χ1) is 11.8. The van der Waals surface area contributed by atoms with Crippen LogP contribution in [0.5, 0.6) is 0 Å². The number of pyridine rings is 1. The van der Waals surface area contributed by atoms with E-state index in [0.29, 0.717) is 22.4 Å². The fraction of sp³-hybridized carbons (Fsp3) is 0.312. The molecule has 9 heteroatoms. The van der Waals surface area contributed by atoms with E-state index >= 15 is 0 Å². The summed E-state index contributed by atoms with van der Waals surface area (Å²) in [5.41, 5.74) is -0.328. The summed E-state index contributed by atoms with van der Waals surface area (Å²) in [5.74, 6) is -0.325. The molecule has 1 N–H and O–H groups in total. The average Bonchev–Trinajstić information content (AvgIpc) is 3.14. The number of nitrogens with one attached hydrogen (secondary N) is 1. The molecule has 3 rings (SSSR count). The minimum atomic E-state index is -4.51. The van der Waals surface area contributed by atoms with Crippen molar-refractivity contribution in [3.8, 4) is 0 Å². The van der Waals surface area contributed by atoms with Crippen LogP contribution >= 0.6 is 11.3 Å². The number of carbonyl (C=O) groups is 1. The molecule has 3 aromatic rings. The Hall–Kier alpha value is -2.42. The minimum absolute atomic E-state index is 0.185. The molecule has 0 aliphatic rings. The van der Waals surface area contributed by atoms with Gasteiger partial charge < -0.3 is 5.32 Å². The van der Waals surface area contributed by atoms with E-state index in [1.165, 1.54) is 6.07 Å². The fourth-order valence-electron chi connectivity index (χ4n) is 2.50. The highest BCUT2D eigenvalue weighted by atomic mass is 32.1. The van der Waals surface area contributed by atoms with Crippen molar-refractivity contribution >= 4 is 27.5 Å². The van der Waals surface area contributed by atoms with Crippen molar-refractivity contribution in [3.05, 3.63) is 46.7 Å². The zero-order chi connectivity index (χ0) is 18.2. The van der Waals surface area contributed by atoms with E-state index in [1.54, 1.807) is 30.1 Å². The summed E-state index contributed by atoms with van der Waals surface area (Å²) < 4.78 is 40.1. The Kier molecular flexibility index (Phi) is 4.51. The maximum atomic E-state index is 12.8. The Morgan fingerprint density at radius 2 is 2.16 bits per heavy atom. The van der Waals surface area contributed by atoms with Gasteiger partial charge in [0.25, 0.3) is 5.91 Å². The molecule has 132 valence electrons. The largest absolute Gasteiger partial charge is 0.433 e. The molecule has 3 heterocycles. The van der Waals surface area contributed by atoms with E-state index in [9.17, 15) is 18.0 Å². The van der Waals surface area contributed by atoms with E-state index in [0.717, 1.165) is 17.4 Å². The van der Waals surface area contributed by atoms with Gasteiger partial charge in [-0.25, -0.2) is 4.98 Å². The number of amides is 1. The van der Waals surface area contributed by atoms with Crippen LogP contribution in [0.25, 0.3) is 10.2 Å². The quantitative estimate of drug-likeness (QED) is 0.765. The Balaban J connectivity index is 1.82. The summed E-state index contributed by atoms with van der Waals surface area (Å²) in [7, 11) is 0. The Morgan fingerprint density at radius 1 is 1.40 bits per heavy atom. The normalized spacial score (nSPS) is 13.2. The second kappa shape index (κ2) is 6.47. The Bertz CT molecular complexity index is 902. The first-order valence-electron chi connectivity index (χ1n) is 7.51. The number of hydrogen-bond donors (Lipinski definition) is 1. The zero-order valence-corrected chi connectivity index (χ0v) is 14.3. The van der Waals surface area contributed by atoms with Gasteiger partial charge in [-0.3, -0.25) is 9.48 Å². The lowest BCUT2D eigenvalue weighted by molar-refractivity contribution is -0.140. The van der Waals surface area contributed by atoms with Crippen LogP contribution in [0.2, 0.25) is 0 Å². The van der Waals surface area contributed by atoms with Gasteiger partial charge in [-0.1, -0.05) is 0 Å². The summed E-state index contributed by atoms with van der Waals surface area (Å²) in [6.45, 7) is 4.04. The van der Waals surface area contributed by atoms with Crippen LogP contribution in [0, 0.1) is 6.92 Å². The van der Waals surface area contributed by atoms with Gasteiger partial charge in [-0.2, -0.15) is 18.3 Å². The van der Waals surface area contributed by atoms with Gasteiger partial charge in [0, 0.05) is 23.8 Å². The van der Waals surface area contributed by atoms with Gasteiger partial charge in [-0.15, -0.1) is 11.3 Å². The van der Waals surface area contributed by atoms with Crippen molar-refractivity contribution in [2.24, 2.45) is 0 Å². The number of aromatic nitrogens is 3.